The number of aryl methyl sites for hydroxylation is 2. The Morgan fingerprint density at radius 3 is 1.52 bits per heavy atom. The van der Waals surface area contributed by atoms with Gasteiger partial charge in [0.1, 0.15) is 0 Å². The van der Waals surface area contributed by atoms with Gasteiger partial charge in [0.2, 0.25) is 0 Å². The highest BCUT2D eigenvalue weighted by Crippen LogP contribution is 2.50. The molecular formula is C56H44N4. The van der Waals surface area contributed by atoms with Gasteiger partial charge in [0.05, 0.1) is 17.1 Å². The second-order valence-electron chi connectivity index (χ2n) is 16.0. The summed E-state index contributed by atoms with van der Waals surface area (Å²) < 4.78 is 2.37. The molecule has 0 fully saturated rings. The Hall–Kier alpha value is -7.56. The summed E-state index contributed by atoms with van der Waals surface area (Å²) in [5.74, 6) is 0.259. The van der Waals surface area contributed by atoms with Crippen molar-refractivity contribution in [2.75, 3.05) is 14.7 Å². The van der Waals surface area contributed by atoms with Crippen molar-refractivity contribution in [3.05, 3.63) is 235 Å². The lowest BCUT2D eigenvalue weighted by molar-refractivity contribution is 0.745. The van der Waals surface area contributed by atoms with E-state index in [4.69, 9.17) is 0 Å². The van der Waals surface area contributed by atoms with E-state index in [9.17, 15) is 0 Å². The van der Waals surface area contributed by atoms with Crippen molar-refractivity contribution in [3.63, 3.8) is 0 Å². The summed E-state index contributed by atoms with van der Waals surface area (Å²) in [6, 6.07) is 71.1. The van der Waals surface area contributed by atoms with Crippen LogP contribution in [0.5, 0.6) is 0 Å². The number of hydrogen-bond donors (Lipinski definition) is 0. The van der Waals surface area contributed by atoms with E-state index < -0.39 is 0 Å². The lowest BCUT2D eigenvalue weighted by Crippen LogP contribution is -2.28. The average Bonchev–Trinajstić information content (AvgIpc) is 3.81. The number of hydrogen-bond acceptors (Lipinski definition) is 3. The minimum absolute atomic E-state index is 0.233. The van der Waals surface area contributed by atoms with Gasteiger partial charge in [0, 0.05) is 67.9 Å². The van der Waals surface area contributed by atoms with Gasteiger partial charge in [0.25, 0.3) is 0 Å². The number of rotatable bonds is 8. The average molecular weight is 773 g/mol. The van der Waals surface area contributed by atoms with Crippen LogP contribution in [0, 0.1) is 13.8 Å². The fraction of sp³-hybridized carbons (Fsp3) is 0.0714. The van der Waals surface area contributed by atoms with Gasteiger partial charge in [-0.25, -0.2) is 0 Å². The van der Waals surface area contributed by atoms with E-state index in [0.717, 1.165) is 39.8 Å². The number of benzene rings is 8. The van der Waals surface area contributed by atoms with Gasteiger partial charge < -0.3 is 19.3 Å². The first-order valence-electron chi connectivity index (χ1n) is 20.8. The Kier molecular flexibility index (Phi) is 8.70. The number of fused-ring (bicyclic) bond motifs is 6. The lowest BCUT2D eigenvalue weighted by atomic mass is 9.91. The fourth-order valence-electron chi connectivity index (χ4n) is 9.35. The molecule has 0 spiro atoms. The zero-order chi connectivity index (χ0) is 40.2. The van der Waals surface area contributed by atoms with Crippen molar-refractivity contribution < 1.29 is 0 Å². The molecule has 0 saturated heterocycles. The van der Waals surface area contributed by atoms with Crippen LogP contribution in [0.4, 0.5) is 45.5 Å². The standard InChI is InChI=1S/C56H44N4/c1-39-21-25-43(26-22-39)57(47-33-35-55-51(37-47)49-17-9-11-19-53(49)59(55)41-13-5-3-6-14-41)45-29-31-46(32-30-45)58(44-27-23-40(2)24-28-44)48-34-36-56-52(38-48)50-18-10-12-20-54(50)60(56)42-15-7-4-8-16-42/h3-38,49,53H,1-2H3. The van der Waals surface area contributed by atoms with Crippen LogP contribution in [0.1, 0.15) is 22.6 Å². The SMILES string of the molecule is Cc1ccc(N(c2ccc(N(c3ccc(C)cc3)c3ccc4c(c3)c3ccccc3n4-c3ccccc3)cc2)c2ccc3c(c2)C2C=CC=CC2N3c2ccccc2)cc1. The minimum atomic E-state index is 0.233. The van der Waals surface area contributed by atoms with Crippen molar-refractivity contribution >= 4 is 67.3 Å². The van der Waals surface area contributed by atoms with Crippen LogP contribution in [0.2, 0.25) is 0 Å². The molecule has 2 atom stereocenters. The third kappa shape index (κ3) is 6.08. The fourth-order valence-corrected chi connectivity index (χ4v) is 9.35. The van der Waals surface area contributed by atoms with Crippen LogP contribution in [0.25, 0.3) is 27.5 Å². The second kappa shape index (κ2) is 14.7. The van der Waals surface area contributed by atoms with Gasteiger partial charge in [0.15, 0.2) is 0 Å². The van der Waals surface area contributed by atoms with Gasteiger partial charge in [-0.15, -0.1) is 0 Å². The predicted octanol–water partition coefficient (Wildman–Crippen LogP) is 15.1. The molecule has 0 amide bonds. The Labute approximate surface area is 351 Å². The summed E-state index contributed by atoms with van der Waals surface area (Å²) in [5, 5.41) is 2.46. The maximum Gasteiger partial charge on any atom is 0.0629 e. The normalized spacial score (nSPS) is 15.3. The van der Waals surface area contributed by atoms with Crippen LogP contribution in [0.15, 0.2) is 218 Å². The predicted molar refractivity (Wildman–Crippen MR) is 253 cm³/mol. The minimum Gasteiger partial charge on any atom is -0.333 e. The molecule has 1 aromatic heterocycles. The maximum atomic E-state index is 2.49. The molecular weight excluding hydrogens is 729 g/mol. The van der Waals surface area contributed by atoms with Crippen molar-refractivity contribution in [1.82, 2.24) is 4.57 Å². The Balaban J connectivity index is 1.02. The molecule has 8 aromatic carbocycles. The molecule has 1 aliphatic carbocycles. The highest BCUT2D eigenvalue weighted by Gasteiger charge is 2.38. The smallest absolute Gasteiger partial charge is 0.0629 e. The van der Waals surface area contributed by atoms with Crippen molar-refractivity contribution in [3.8, 4) is 5.69 Å². The Morgan fingerprint density at radius 2 is 0.883 bits per heavy atom. The molecule has 1 aliphatic heterocycles. The molecule has 0 saturated carbocycles. The van der Waals surface area contributed by atoms with Crippen LogP contribution in [-0.2, 0) is 0 Å². The third-order valence-electron chi connectivity index (χ3n) is 12.2. The first-order chi connectivity index (χ1) is 29.6. The van der Waals surface area contributed by atoms with Crippen molar-refractivity contribution in [2.45, 2.75) is 25.8 Å². The topological polar surface area (TPSA) is 14.7 Å². The molecule has 2 heterocycles. The quantitative estimate of drug-likeness (QED) is 0.153. The zero-order valence-corrected chi connectivity index (χ0v) is 33.7. The van der Waals surface area contributed by atoms with Gasteiger partial charge in [-0.2, -0.15) is 0 Å². The van der Waals surface area contributed by atoms with E-state index in [1.165, 1.54) is 49.9 Å². The first-order valence-corrected chi connectivity index (χ1v) is 20.8. The van der Waals surface area contributed by atoms with E-state index in [1.807, 2.05) is 0 Å². The highest BCUT2D eigenvalue weighted by atomic mass is 15.2. The lowest BCUT2D eigenvalue weighted by Gasteiger charge is -2.29. The van der Waals surface area contributed by atoms with Gasteiger partial charge in [-0.3, -0.25) is 0 Å². The van der Waals surface area contributed by atoms with E-state index in [2.05, 4.69) is 252 Å². The molecule has 0 radical (unpaired) electrons. The van der Waals surface area contributed by atoms with Crippen LogP contribution in [-0.4, -0.2) is 10.6 Å². The second-order valence-corrected chi connectivity index (χ2v) is 16.0. The van der Waals surface area contributed by atoms with E-state index in [0.29, 0.717) is 0 Å². The summed E-state index contributed by atoms with van der Waals surface area (Å²) in [5.41, 5.74) is 16.5. The van der Waals surface area contributed by atoms with Crippen molar-refractivity contribution in [1.29, 1.82) is 0 Å². The number of aromatic nitrogens is 1. The van der Waals surface area contributed by atoms with E-state index in [-0.39, 0.29) is 12.0 Å². The molecule has 0 N–H and O–H groups in total. The van der Waals surface area contributed by atoms with E-state index in [1.54, 1.807) is 0 Å². The van der Waals surface area contributed by atoms with Gasteiger partial charge in [-0.05, 0) is 135 Å². The first kappa shape index (κ1) is 35.6. The number of nitrogens with zero attached hydrogens (tertiary/aromatic N) is 4. The van der Waals surface area contributed by atoms with E-state index >= 15 is 0 Å². The Morgan fingerprint density at radius 1 is 0.400 bits per heavy atom. The molecule has 0 bridgehead atoms. The molecule has 2 unspecified atom stereocenters. The molecule has 4 heteroatoms. The monoisotopic (exact) mass is 772 g/mol. The molecule has 11 rings (SSSR count). The summed E-state index contributed by atoms with van der Waals surface area (Å²) >= 11 is 0. The zero-order valence-electron chi connectivity index (χ0n) is 33.7. The molecule has 60 heavy (non-hydrogen) atoms. The summed E-state index contributed by atoms with van der Waals surface area (Å²) in [4.78, 5) is 7.27. The van der Waals surface area contributed by atoms with Crippen molar-refractivity contribution in [2.24, 2.45) is 0 Å². The highest BCUT2D eigenvalue weighted by molar-refractivity contribution is 6.10. The number of anilines is 8. The van der Waals surface area contributed by atoms with Gasteiger partial charge in [-0.1, -0.05) is 114 Å². The molecule has 2 aliphatic rings. The Bertz CT molecular complexity index is 3050. The summed E-state index contributed by atoms with van der Waals surface area (Å²) in [6.07, 6.45) is 9.08. The molecule has 4 nitrogen and oxygen atoms in total. The molecule has 288 valence electrons. The van der Waals surface area contributed by atoms with Crippen LogP contribution >= 0.6 is 0 Å². The van der Waals surface area contributed by atoms with Crippen LogP contribution < -0.4 is 14.7 Å². The summed E-state index contributed by atoms with van der Waals surface area (Å²) in [6.45, 7) is 4.29. The maximum absolute atomic E-state index is 2.49. The number of para-hydroxylation sites is 3. The largest absolute Gasteiger partial charge is 0.333 e. The van der Waals surface area contributed by atoms with Gasteiger partial charge >= 0.3 is 0 Å². The third-order valence-corrected chi connectivity index (χ3v) is 12.2. The molecule has 9 aromatic rings. The summed E-state index contributed by atoms with van der Waals surface area (Å²) in [7, 11) is 0. The number of allylic oxidation sites excluding steroid dienone is 2. The van der Waals surface area contributed by atoms with Crippen LogP contribution in [0.3, 0.4) is 0 Å².